The van der Waals surface area contributed by atoms with Crippen LogP contribution in [0.5, 0.6) is 0 Å². The molecule has 0 bridgehead atoms. The molecule has 0 unspecified atom stereocenters. The molecule has 0 radical (unpaired) electrons. The van der Waals surface area contributed by atoms with Gasteiger partial charge in [-0.05, 0) is 93.2 Å². The van der Waals surface area contributed by atoms with E-state index in [2.05, 4.69) is 193 Å². The molecule has 1 heterocycles. The molecule has 3 aliphatic carbocycles. The number of fused-ring (bicyclic) bond motifs is 11. The molecule has 266 valence electrons. The van der Waals surface area contributed by atoms with E-state index in [0.717, 1.165) is 33.3 Å². The number of hydrogen-bond acceptors (Lipinski definition) is 2. The summed E-state index contributed by atoms with van der Waals surface area (Å²) in [5, 5.41) is 2.27. The average Bonchev–Trinajstić information content (AvgIpc) is 4.04. The second kappa shape index (κ2) is 11.9. The Hall–Kier alpha value is -6.64. The summed E-state index contributed by atoms with van der Waals surface area (Å²) in [5.74, 6) is 0. The van der Waals surface area contributed by atoms with Gasteiger partial charge in [-0.2, -0.15) is 0 Å². The second-order valence-electron chi connectivity index (χ2n) is 15.8. The van der Waals surface area contributed by atoms with Crippen molar-refractivity contribution in [2.75, 3.05) is 4.90 Å². The molecule has 1 fully saturated rings. The van der Waals surface area contributed by atoms with Gasteiger partial charge in [0.1, 0.15) is 5.58 Å². The van der Waals surface area contributed by atoms with E-state index in [0.29, 0.717) is 0 Å². The Kier molecular flexibility index (Phi) is 6.75. The van der Waals surface area contributed by atoms with Gasteiger partial charge in [0.25, 0.3) is 0 Å². The van der Waals surface area contributed by atoms with E-state index >= 15 is 0 Å². The third-order valence-corrected chi connectivity index (χ3v) is 13.3. The standard InChI is InChI=1S/C54H39NO/c1-3-18-36(19-4-1)54(43-27-11-7-22-38(43)39-23-8-12-28-44(39)54)46-30-17-33-49-51(46)41-25-15-32-48(52(41)56-49)55(37-20-5-2-6-21-37)47-31-16-29-45-50(47)40-24-9-10-26-42(40)53(45)34-13-14-35-53/h1-12,15-33H,13-14,34-35H2. The summed E-state index contributed by atoms with van der Waals surface area (Å²) in [6.07, 6.45) is 4.92. The predicted octanol–water partition coefficient (Wildman–Crippen LogP) is 14.3. The summed E-state index contributed by atoms with van der Waals surface area (Å²) >= 11 is 0. The first-order valence-electron chi connectivity index (χ1n) is 20.1. The molecular weight excluding hydrogens is 679 g/mol. The summed E-state index contributed by atoms with van der Waals surface area (Å²) in [7, 11) is 0. The van der Waals surface area contributed by atoms with Crippen molar-refractivity contribution in [3.05, 3.63) is 221 Å². The highest BCUT2D eigenvalue weighted by Gasteiger charge is 2.48. The van der Waals surface area contributed by atoms with E-state index in [4.69, 9.17) is 4.42 Å². The molecule has 12 rings (SSSR count). The van der Waals surface area contributed by atoms with Crippen LogP contribution in [-0.2, 0) is 10.8 Å². The number of rotatable bonds is 5. The van der Waals surface area contributed by atoms with Gasteiger partial charge in [-0.3, -0.25) is 0 Å². The molecule has 1 aromatic heterocycles. The summed E-state index contributed by atoms with van der Waals surface area (Å²) < 4.78 is 7.21. The van der Waals surface area contributed by atoms with E-state index in [1.54, 1.807) is 0 Å². The van der Waals surface area contributed by atoms with Crippen molar-refractivity contribution in [1.82, 2.24) is 0 Å². The molecule has 3 aliphatic rings. The zero-order valence-electron chi connectivity index (χ0n) is 31.1. The maximum absolute atomic E-state index is 7.21. The lowest BCUT2D eigenvalue weighted by Crippen LogP contribution is -2.28. The van der Waals surface area contributed by atoms with Crippen molar-refractivity contribution in [2.24, 2.45) is 0 Å². The third kappa shape index (κ3) is 4.11. The second-order valence-corrected chi connectivity index (χ2v) is 15.8. The molecule has 0 saturated heterocycles. The highest BCUT2D eigenvalue weighted by molar-refractivity contribution is 6.13. The molecule has 56 heavy (non-hydrogen) atoms. The normalized spacial score (nSPS) is 15.5. The smallest absolute Gasteiger partial charge is 0.159 e. The first-order chi connectivity index (χ1) is 27.8. The largest absolute Gasteiger partial charge is 0.454 e. The molecular formula is C54H39NO. The van der Waals surface area contributed by atoms with Crippen LogP contribution in [0.1, 0.15) is 59.1 Å². The average molecular weight is 718 g/mol. The molecule has 1 spiro atoms. The van der Waals surface area contributed by atoms with Crippen LogP contribution in [0, 0.1) is 0 Å². The van der Waals surface area contributed by atoms with Gasteiger partial charge in [-0.15, -0.1) is 0 Å². The third-order valence-electron chi connectivity index (χ3n) is 13.3. The Morgan fingerprint density at radius 2 is 0.982 bits per heavy atom. The maximum atomic E-state index is 7.21. The topological polar surface area (TPSA) is 16.4 Å². The molecule has 0 N–H and O–H groups in total. The van der Waals surface area contributed by atoms with E-state index in [1.807, 2.05) is 0 Å². The number of para-hydroxylation sites is 2. The summed E-state index contributed by atoms with van der Waals surface area (Å²) in [4.78, 5) is 2.46. The lowest BCUT2D eigenvalue weighted by atomic mass is 9.66. The Morgan fingerprint density at radius 3 is 1.71 bits per heavy atom. The number of benzene rings is 8. The molecule has 2 nitrogen and oxygen atoms in total. The van der Waals surface area contributed by atoms with E-state index in [-0.39, 0.29) is 5.41 Å². The Bertz CT molecular complexity index is 2940. The molecule has 0 aliphatic heterocycles. The molecule has 1 saturated carbocycles. The molecule has 8 aromatic carbocycles. The van der Waals surface area contributed by atoms with E-state index in [9.17, 15) is 0 Å². The number of anilines is 3. The van der Waals surface area contributed by atoms with Gasteiger partial charge >= 0.3 is 0 Å². The SMILES string of the molecule is c1ccc(N(c2cccc3c2-c2ccccc2C32CCCC2)c2cccc3c2oc2cccc(C4(c5ccccc5)c5ccccc5-c5ccccc54)c23)cc1. The van der Waals surface area contributed by atoms with Crippen molar-refractivity contribution in [3.63, 3.8) is 0 Å². The number of nitrogens with zero attached hydrogens (tertiary/aromatic N) is 1. The van der Waals surface area contributed by atoms with Crippen molar-refractivity contribution in [1.29, 1.82) is 0 Å². The Labute approximate surface area is 327 Å². The van der Waals surface area contributed by atoms with Crippen LogP contribution in [0.25, 0.3) is 44.2 Å². The van der Waals surface area contributed by atoms with E-state index in [1.165, 1.54) is 87.0 Å². The minimum Gasteiger partial charge on any atom is -0.454 e. The lowest BCUT2D eigenvalue weighted by Gasteiger charge is -2.34. The zero-order chi connectivity index (χ0) is 36.8. The van der Waals surface area contributed by atoms with Gasteiger partial charge in [0.2, 0.25) is 0 Å². The minimum atomic E-state index is -0.542. The first-order valence-corrected chi connectivity index (χ1v) is 20.1. The highest BCUT2D eigenvalue weighted by atomic mass is 16.3. The fraction of sp³-hybridized carbons (Fsp3) is 0.111. The zero-order valence-corrected chi connectivity index (χ0v) is 31.1. The van der Waals surface area contributed by atoms with Crippen molar-refractivity contribution < 1.29 is 4.42 Å². The molecule has 0 amide bonds. The van der Waals surface area contributed by atoms with Gasteiger partial charge in [-0.25, -0.2) is 0 Å². The van der Waals surface area contributed by atoms with Crippen molar-refractivity contribution in [3.8, 4) is 22.3 Å². The Morgan fingerprint density at radius 1 is 0.429 bits per heavy atom. The lowest BCUT2D eigenvalue weighted by molar-refractivity contribution is 0.550. The summed E-state index contributed by atoms with van der Waals surface area (Å²) in [6.45, 7) is 0. The number of furan rings is 1. The van der Waals surface area contributed by atoms with Gasteiger partial charge in [0.05, 0.1) is 16.8 Å². The monoisotopic (exact) mass is 717 g/mol. The highest BCUT2D eigenvalue weighted by Crippen LogP contribution is 2.61. The molecule has 2 heteroatoms. The van der Waals surface area contributed by atoms with Gasteiger partial charge < -0.3 is 9.32 Å². The summed E-state index contributed by atoms with van der Waals surface area (Å²) in [5.41, 5.74) is 18.0. The quantitative estimate of drug-likeness (QED) is 0.176. The van der Waals surface area contributed by atoms with Gasteiger partial charge in [0, 0.05) is 27.4 Å². The van der Waals surface area contributed by atoms with Gasteiger partial charge in [0.15, 0.2) is 5.58 Å². The fourth-order valence-corrected chi connectivity index (χ4v) is 11.2. The summed E-state index contributed by atoms with van der Waals surface area (Å²) in [6, 6.07) is 69.5. The molecule has 9 aromatic rings. The van der Waals surface area contributed by atoms with Crippen LogP contribution in [0.15, 0.2) is 192 Å². The first kappa shape index (κ1) is 31.7. The van der Waals surface area contributed by atoms with Crippen molar-refractivity contribution in [2.45, 2.75) is 36.5 Å². The number of hydrogen-bond donors (Lipinski definition) is 0. The predicted molar refractivity (Wildman–Crippen MR) is 230 cm³/mol. The molecule has 0 atom stereocenters. The van der Waals surface area contributed by atoms with E-state index < -0.39 is 5.41 Å². The minimum absolute atomic E-state index is 0.0736. The Balaban J connectivity index is 1.16. The van der Waals surface area contributed by atoms with Crippen LogP contribution in [-0.4, -0.2) is 0 Å². The van der Waals surface area contributed by atoms with Crippen LogP contribution in [0.2, 0.25) is 0 Å². The van der Waals surface area contributed by atoms with Crippen LogP contribution < -0.4 is 4.90 Å². The van der Waals surface area contributed by atoms with Crippen LogP contribution >= 0.6 is 0 Å². The van der Waals surface area contributed by atoms with Gasteiger partial charge in [-0.1, -0.05) is 171 Å². The maximum Gasteiger partial charge on any atom is 0.159 e. The fourth-order valence-electron chi connectivity index (χ4n) is 11.2. The van der Waals surface area contributed by atoms with Crippen LogP contribution in [0.4, 0.5) is 17.1 Å². The van der Waals surface area contributed by atoms with Crippen molar-refractivity contribution >= 4 is 39.0 Å². The van der Waals surface area contributed by atoms with Crippen LogP contribution in [0.3, 0.4) is 0 Å².